The van der Waals surface area contributed by atoms with Crippen LogP contribution >= 0.6 is 0 Å². The van der Waals surface area contributed by atoms with Gasteiger partial charge in [0.25, 0.3) is 0 Å². The van der Waals surface area contributed by atoms with Crippen molar-refractivity contribution < 1.29 is 24.8 Å². The van der Waals surface area contributed by atoms with Crippen molar-refractivity contribution in [2.75, 3.05) is 13.7 Å². The van der Waals surface area contributed by atoms with Crippen LogP contribution in [0, 0.1) is 0 Å². The summed E-state index contributed by atoms with van der Waals surface area (Å²) in [5.74, 6) is 0. The number of hydrogen-bond donors (Lipinski definition) is 3. The van der Waals surface area contributed by atoms with Crippen molar-refractivity contribution >= 4 is 0 Å². The maximum atomic E-state index is 9.47. The summed E-state index contributed by atoms with van der Waals surface area (Å²) in [4.78, 5) is 2.51. The number of ether oxygens (including phenoxy) is 2. The van der Waals surface area contributed by atoms with Crippen LogP contribution in [0.1, 0.15) is 0 Å². The van der Waals surface area contributed by atoms with Crippen molar-refractivity contribution in [2.24, 2.45) is 5.11 Å². The second-order valence-electron chi connectivity index (χ2n) is 3.16. The lowest BCUT2D eigenvalue weighted by Gasteiger charge is -2.39. The van der Waals surface area contributed by atoms with Gasteiger partial charge >= 0.3 is 0 Å². The van der Waals surface area contributed by atoms with E-state index in [1.54, 1.807) is 0 Å². The molecule has 0 aromatic rings. The third kappa shape index (κ3) is 2.57. The first-order chi connectivity index (χ1) is 7.11. The summed E-state index contributed by atoms with van der Waals surface area (Å²) in [5, 5.41) is 31.5. The summed E-state index contributed by atoms with van der Waals surface area (Å²) >= 11 is 0. The van der Waals surface area contributed by atoms with E-state index in [4.69, 9.17) is 15.0 Å². The molecule has 0 aromatic carbocycles. The number of nitrogens with zero attached hydrogens (tertiary/aromatic N) is 3. The molecule has 1 rings (SSSR count). The molecule has 1 aliphatic rings. The third-order valence-electron chi connectivity index (χ3n) is 2.23. The van der Waals surface area contributed by atoms with E-state index in [2.05, 4.69) is 10.0 Å². The first-order valence-corrected chi connectivity index (χ1v) is 4.35. The van der Waals surface area contributed by atoms with Gasteiger partial charge in [0, 0.05) is 12.0 Å². The highest BCUT2D eigenvalue weighted by Gasteiger charge is 2.43. The predicted octanol–water partition coefficient (Wildman–Crippen LogP) is -1.25. The van der Waals surface area contributed by atoms with E-state index < -0.39 is 30.7 Å². The molecule has 1 aliphatic heterocycles. The van der Waals surface area contributed by atoms with Crippen molar-refractivity contribution in [3.63, 3.8) is 0 Å². The normalized spacial score (nSPS) is 40.9. The van der Waals surface area contributed by atoms with Crippen LogP contribution in [-0.2, 0) is 9.47 Å². The summed E-state index contributed by atoms with van der Waals surface area (Å²) in [6, 6.07) is 0. The average Bonchev–Trinajstić information content (AvgIpc) is 2.25. The largest absolute Gasteiger partial charge is 0.388 e. The number of aliphatic hydroxyl groups is 3. The van der Waals surface area contributed by atoms with Gasteiger partial charge in [-0.15, -0.1) is 0 Å². The molecular weight excluding hydrogens is 206 g/mol. The fourth-order valence-electron chi connectivity index (χ4n) is 1.38. The monoisotopic (exact) mass is 219 g/mol. The van der Waals surface area contributed by atoms with Crippen LogP contribution in [-0.4, -0.2) is 59.7 Å². The van der Waals surface area contributed by atoms with Crippen LogP contribution in [0.5, 0.6) is 0 Å². The van der Waals surface area contributed by atoms with Crippen LogP contribution in [0.25, 0.3) is 10.4 Å². The number of rotatable bonds is 3. The molecule has 8 heteroatoms. The molecule has 0 amide bonds. The fourth-order valence-corrected chi connectivity index (χ4v) is 1.38. The highest BCUT2D eigenvalue weighted by atomic mass is 16.7. The van der Waals surface area contributed by atoms with E-state index in [1.165, 1.54) is 7.11 Å². The zero-order valence-electron chi connectivity index (χ0n) is 8.09. The molecule has 3 N–H and O–H groups in total. The summed E-state index contributed by atoms with van der Waals surface area (Å²) < 4.78 is 9.84. The Balaban J connectivity index is 2.69. The Bertz CT molecular complexity index is 255. The van der Waals surface area contributed by atoms with E-state index in [-0.39, 0.29) is 6.54 Å². The quantitative estimate of drug-likeness (QED) is 0.310. The molecule has 0 aromatic heterocycles. The van der Waals surface area contributed by atoms with Gasteiger partial charge in [0.1, 0.15) is 18.3 Å². The fraction of sp³-hybridized carbons (Fsp3) is 1.00. The van der Waals surface area contributed by atoms with E-state index in [0.717, 1.165) is 0 Å². The molecule has 15 heavy (non-hydrogen) atoms. The molecule has 1 heterocycles. The lowest BCUT2D eigenvalue weighted by atomic mass is 9.99. The summed E-state index contributed by atoms with van der Waals surface area (Å²) in [6.07, 6.45) is -5.95. The first kappa shape index (κ1) is 12.2. The van der Waals surface area contributed by atoms with Crippen molar-refractivity contribution in [1.29, 1.82) is 0 Å². The molecule has 5 atom stereocenters. The zero-order valence-corrected chi connectivity index (χ0v) is 8.09. The Morgan fingerprint density at radius 3 is 2.53 bits per heavy atom. The molecule has 1 saturated heterocycles. The smallest absolute Gasteiger partial charge is 0.186 e. The molecule has 0 spiro atoms. The van der Waals surface area contributed by atoms with Gasteiger partial charge in [-0.2, -0.15) is 0 Å². The van der Waals surface area contributed by atoms with Crippen LogP contribution in [0.4, 0.5) is 0 Å². The zero-order chi connectivity index (χ0) is 11.4. The topological polar surface area (TPSA) is 128 Å². The van der Waals surface area contributed by atoms with Crippen LogP contribution in [0.15, 0.2) is 5.11 Å². The molecule has 8 nitrogen and oxygen atoms in total. The first-order valence-electron chi connectivity index (χ1n) is 4.35. The van der Waals surface area contributed by atoms with Crippen molar-refractivity contribution in [2.45, 2.75) is 30.7 Å². The lowest BCUT2D eigenvalue weighted by Crippen LogP contribution is -2.58. The number of aliphatic hydroxyl groups excluding tert-OH is 3. The van der Waals surface area contributed by atoms with Crippen molar-refractivity contribution in [3.05, 3.63) is 10.4 Å². The maximum absolute atomic E-state index is 9.47. The van der Waals surface area contributed by atoms with E-state index in [0.29, 0.717) is 0 Å². The average molecular weight is 219 g/mol. The Morgan fingerprint density at radius 1 is 1.33 bits per heavy atom. The molecule has 0 bridgehead atoms. The van der Waals surface area contributed by atoms with Gasteiger partial charge < -0.3 is 24.8 Å². The minimum atomic E-state index is -1.39. The second-order valence-corrected chi connectivity index (χ2v) is 3.16. The highest BCUT2D eigenvalue weighted by molar-refractivity contribution is 4.89. The van der Waals surface area contributed by atoms with Gasteiger partial charge in [-0.25, -0.2) is 0 Å². The van der Waals surface area contributed by atoms with Crippen LogP contribution < -0.4 is 0 Å². The SMILES string of the molecule is CO[C@@H]1O[C@H](CN=[N+]=[N-])[C@@H](O)[C@H](O)[C@H]1O. The lowest BCUT2D eigenvalue weighted by molar-refractivity contribution is -0.287. The molecule has 0 radical (unpaired) electrons. The molecule has 0 saturated carbocycles. The number of methoxy groups -OCH3 is 1. The van der Waals surface area contributed by atoms with Crippen molar-refractivity contribution in [1.82, 2.24) is 0 Å². The Hall–Kier alpha value is -0.890. The van der Waals surface area contributed by atoms with Crippen LogP contribution in [0.3, 0.4) is 0 Å². The maximum Gasteiger partial charge on any atom is 0.186 e. The van der Waals surface area contributed by atoms with E-state index >= 15 is 0 Å². The van der Waals surface area contributed by atoms with Gasteiger partial charge in [0.15, 0.2) is 6.29 Å². The van der Waals surface area contributed by atoms with E-state index in [9.17, 15) is 15.3 Å². The highest BCUT2D eigenvalue weighted by Crippen LogP contribution is 2.21. The Kier molecular flexibility index (Phi) is 4.28. The Labute approximate surface area is 85.7 Å². The molecule has 0 unspecified atom stereocenters. The van der Waals surface area contributed by atoms with Gasteiger partial charge in [-0.1, -0.05) is 5.11 Å². The van der Waals surface area contributed by atoms with Crippen molar-refractivity contribution in [3.8, 4) is 0 Å². The summed E-state index contributed by atoms with van der Waals surface area (Å²) in [6.45, 7) is -0.138. The number of azide groups is 1. The second kappa shape index (κ2) is 5.26. The van der Waals surface area contributed by atoms with Crippen LogP contribution in [0.2, 0.25) is 0 Å². The van der Waals surface area contributed by atoms with Gasteiger partial charge in [0.05, 0.1) is 12.6 Å². The van der Waals surface area contributed by atoms with Gasteiger partial charge in [0.2, 0.25) is 0 Å². The molecular formula is C7H13N3O5. The number of hydrogen-bond acceptors (Lipinski definition) is 6. The minimum Gasteiger partial charge on any atom is -0.388 e. The molecule has 86 valence electrons. The Morgan fingerprint density at radius 2 is 2.00 bits per heavy atom. The molecule has 0 aliphatic carbocycles. The van der Waals surface area contributed by atoms with Gasteiger partial charge in [-0.05, 0) is 5.53 Å². The minimum absolute atomic E-state index is 0.138. The summed E-state index contributed by atoms with van der Waals surface area (Å²) in [7, 11) is 1.29. The standard InChI is InChI=1S/C7H13N3O5/c1-14-7-6(13)5(12)4(11)3(15-7)2-9-10-8/h3-7,11-13H,2H2,1H3/t3-,4-,5+,6-,7-/m1/s1. The summed E-state index contributed by atoms with van der Waals surface area (Å²) in [5.41, 5.74) is 8.10. The third-order valence-corrected chi connectivity index (χ3v) is 2.23. The van der Waals surface area contributed by atoms with E-state index in [1.807, 2.05) is 0 Å². The molecule has 1 fully saturated rings. The predicted molar refractivity (Wildman–Crippen MR) is 47.7 cm³/mol. The van der Waals surface area contributed by atoms with Gasteiger partial charge in [-0.3, -0.25) is 0 Å².